The van der Waals surface area contributed by atoms with Crippen molar-refractivity contribution in [1.29, 1.82) is 0 Å². The first-order valence-corrected chi connectivity index (χ1v) is 7.67. The molecule has 0 amide bonds. The summed E-state index contributed by atoms with van der Waals surface area (Å²) in [6.07, 6.45) is -2.94. The van der Waals surface area contributed by atoms with E-state index < -0.39 is 36.9 Å². The lowest BCUT2D eigenvalue weighted by atomic mass is 10.1. The summed E-state index contributed by atoms with van der Waals surface area (Å²) in [6.45, 7) is 2.29. The van der Waals surface area contributed by atoms with E-state index in [1.54, 1.807) is 0 Å². The Bertz CT molecular complexity index is 503. The minimum atomic E-state index is -1.26. The van der Waals surface area contributed by atoms with E-state index in [0.717, 1.165) is 5.56 Å². The number of benzene rings is 1. The molecule has 1 aromatic rings. The van der Waals surface area contributed by atoms with Gasteiger partial charge in [0.15, 0.2) is 0 Å². The maximum atomic E-state index is 11.2. The molecule has 24 heavy (non-hydrogen) atoms. The van der Waals surface area contributed by atoms with Gasteiger partial charge in [-0.2, -0.15) is 0 Å². The fourth-order valence-corrected chi connectivity index (χ4v) is 2.14. The largest absolute Gasteiger partial charge is 0.460 e. The summed E-state index contributed by atoms with van der Waals surface area (Å²) in [4.78, 5) is 22.4. The highest BCUT2D eigenvalue weighted by Gasteiger charge is 2.27. The summed E-state index contributed by atoms with van der Waals surface area (Å²) >= 11 is 0. The molecule has 0 aromatic heterocycles. The molecule has 0 aliphatic rings. The van der Waals surface area contributed by atoms with Crippen LogP contribution in [0.4, 0.5) is 0 Å². The Morgan fingerprint density at radius 2 is 1.71 bits per heavy atom. The van der Waals surface area contributed by atoms with Gasteiger partial charge in [-0.1, -0.05) is 30.3 Å². The highest BCUT2D eigenvalue weighted by molar-refractivity contribution is 5.66. The van der Waals surface area contributed by atoms with Gasteiger partial charge in [0.25, 0.3) is 0 Å². The average molecular weight is 340 g/mol. The lowest BCUT2D eigenvalue weighted by Crippen LogP contribution is -2.38. The second-order valence-electron chi connectivity index (χ2n) is 5.37. The second-order valence-corrected chi connectivity index (χ2v) is 5.37. The minimum Gasteiger partial charge on any atom is -0.460 e. The fourth-order valence-electron chi connectivity index (χ4n) is 2.14. The Hall–Kier alpha value is -1.96. The first-order valence-electron chi connectivity index (χ1n) is 7.67. The fraction of sp³-hybridized carbons (Fsp3) is 0.529. The van der Waals surface area contributed by atoms with E-state index in [1.165, 1.54) is 13.8 Å². The molecule has 0 spiro atoms. The number of rotatable bonds is 10. The maximum Gasteiger partial charge on any atom is 0.302 e. The minimum absolute atomic E-state index is 0.0235. The zero-order valence-corrected chi connectivity index (χ0v) is 13.9. The molecule has 0 aliphatic heterocycles. The third-order valence-corrected chi connectivity index (χ3v) is 3.18. The molecule has 0 bridgehead atoms. The predicted molar refractivity (Wildman–Crippen MR) is 84.9 cm³/mol. The van der Waals surface area contributed by atoms with Crippen LogP contribution in [0.1, 0.15) is 25.8 Å². The first-order chi connectivity index (χ1) is 11.4. The summed E-state index contributed by atoms with van der Waals surface area (Å²) in [7, 11) is 0. The number of aliphatic hydroxyl groups is 2. The summed E-state index contributed by atoms with van der Waals surface area (Å²) in [5, 5.41) is 18.8. The van der Waals surface area contributed by atoms with Crippen molar-refractivity contribution in [3.63, 3.8) is 0 Å². The van der Waals surface area contributed by atoms with Gasteiger partial charge in [0.1, 0.15) is 18.3 Å². The van der Waals surface area contributed by atoms with Gasteiger partial charge in [-0.25, -0.2) is 0 Å². The van der Waals surface area contributed by atoms with Crippen LogP contribution < -0.4 is 0 Å². The van der Waals surface area contributed by atoms with E-state index in [4.69, 9.17) is 19.3 Å². The molecule has 7 nitrogen and oxygen atoms in total. The molecule has 0 radical (unpaired) electrons. The van der Waals surface area contributed by atoms with Crippen molar-refractivity contribution in [2.75, 3.05) is 13.2 Å². The maximum absolute atomic E-state index is 11.2. The molecule has 0 unspecified atom stereocenters. The van der Waals surface area contributed by atoms with Crippen LogP contribution in [0.15, 0.2) is 30.3 Å². The van der Waals surface area contributed by atoms with Crippen LogP contribution in [0.25, 0.3) is 0 Å². The molecule has 7 heteroatoms. The van der Waals surface area contributed by atoms with Crippen LogP contribution in [-0.4, -0.2) is 53.7 Å². The summed E-state index contributed by atoms with van der Waals surface area (Å²) in [5.41, 5.74) is 0.964. The van der Waals surface area contributed by atoms with Crippen molar-refractivity contribution in [2.24, 2.45) is 0 Å². The van der Waals surface area contributed by atoms with E-state index in [-0.39, 0.29) is 13.0 Å². The van der Waals surface area contributed by atoms with Crippen molar-refractivity contribution >= 4 is 11.9 Å². The molecule has 1 rings (SSSR count). The number of carbonyl (C=O) groups is 2. The Morgan fingerprint density at radius 3 is 2.25 bits per heavy atom. The molecule has 134 valence electrons. The number of ether oxygens (including phenoxy) is 3. The summed E-state index contributed by atoms with van der Waals surface area (Å²) in [6, 6.07) is 9.47. The Labute approximate surface area is 141 Å². The van der Waals surface area contributed by atoms with Crippen LogP contribution in [0, 0.1) is 0 Å². The monoisotopic (exact) mass is 340 g/mol. The standard InChI is InChI=1S/C17H24O7/c1-12(19)23-15(8-17(16(21)9-18)24-13(2)20)11-22-10-14-6-4-3-5-7-14/h3-7,15-18,21H,8-11H2,1-2H3/t15-,16-,17+/m1/s1. The molecule has 0 aliphatic carbocycles. The topological polar surface area (TPSA) is 102 Å². The number of carbonyl (C=O) groups excluding carboxylic acids is 2. The average Bonchev–Trinajstić information content (AvgIpc) is 2.53. The van der Waals surface area contributed by atoms with Gasteiger partial charge in [-0.05, 0) is 5.56 Å². The predicted octanol–water partition coefficient (Wildman–Crippen LogP) is 0.810. The van der Waals surface area contributed by atoms with Gasteiger partial charge in [0, 0.05) is 20.3 Å². The van der Waals surface area contributed by atoms with Crippen LogP contribution in [0.5, 0.6) is 0 Å². The molecule has 1 aromatic carbocycles. The number of esters is 2. The van der Waals surface area contributed by atoms with Gasteiger partial charge in [0.2, 0.25) is 0 Å². The molecule has 0 heterocycles. The quantitative estimate of drug-likeness (QED) is 0.608. The molecular weight excluding hydrogens is 316 g/mol. The molecule has 3 atom stereocenters. The third kappa shape index (κ3) is 8.05. The summed E-state index contributed by atoms with van der Waals surface area (Å²) in [5.74, 6) is -1.11. The van der Waals surface area contributed by atoms with E-state index >= 15 is 0 Å². The van der Waals surface area contributed by atoms with Gasteiger partial charge < -0.3 is 24.4 Å². The molecular formula is C17H24O7. The van der Waals surface area contributed by atoms with Gasteiger partial charge in [0.05, 0.1) is 19.8 Å². The zero-order valence-electron chi connectivity index (χ0n) is 13.9. The lowest BCUT2D eigenvalue weighted by Gasteiger charge is -2.25. The van der Waals surface area contributed by atoms with Gasteiger partial charge >= 0.3 is 11.9 Å². The lowest BCUT2D eigenvalue weighted by molar-refractivity contribution is -0.163. The molecule has 0 saturated carbocycles. The van der Waals surface area contributed by atoms with Crippen LogP contribution in [0.2, 0.25) is 0 Å². The highest BCUT2D eigenvalue weighted by atomic mass is 16.6. The molecule has 0 saturated heterocycles. The number of hydrogen-bond donors (Lipinski definition) is 2. The van der Waals surface area contributed by atoms with E-state index in [2.05, 4.69) is 0 Å². The Kier molecular flexibility index (Phi) is 8.99. The number of hydrogen-bond acceptors (Lipinski definition) is 7. The highest BCUT2D eigenvalue weighted by Crippen LogP contribution is 2.13. The first kappa shape index (κ1) is 20.1. The van der Waals surface area contributed by atoms with Crippen molar-refractivity contribution in [3.8, 4) is 0 Å². The van der Waals surface area contributed by atoms with E-state index in [9.17, 15) is 14.7 Å². The van der Waals surface area contributed by atoms with Crippen LogP contribution in [-0.2, 0) is 30.4 Å². The van der Waals surface area contributed by atoms with Crippen LogP contribution >= 0.6 is 0 Å². The molecule has 0 fully saturated rings. The Balaban J connectivity index is 2.61. The van der Waals surface area contributed by atoms with Crippen molar-refractivity contribution in [2.45, 2.75) is 45.2 Å². The zero-order chi connectivity index (χ0) is 17.9. The van der Waals surface area contributed by atoms with E-state index in [1.807, 2.05) is 30.3 Å². The van der Waals surface area contributed by atoms with Crippen molar-refractivity contribution in [3.05, 3.63) is 35.9 Å². The van der Waals surface area contributed by atoms with Crippen molar-refractivity contribution < 1.29 is 34.0 Å². The second kappa shape index (κ2) is 10.7. The van der Waals surface area contributed by atoms with Gasteiger partial charge in [-0.15, -0.1) is 0 Å². The number of aliphatic hydroxyl groups excluding tert-OH is 2. The Morgan fingerprint density at radius 1 is 1.08 bits per heavy atom. The molecule has 2 N–H and O–H groups in total. The van der Waals surface area contributed by atoms with E-state index in [0.29, 0.717) is 6.61 Å². The summed E-state index contributed by atoms with van der Waals surface area (Å²) < 4.78 is 15.7. The third-order valence-electron chi connectivity index (χ3n) is 3.18. The smallest absolute Gasteiger partial charge is 0.302 e. The van der Waals surface area contributed by atoms with Crippen LogP contribution in [0.3, 0.4) is 0 Å². The normalized spacial score (nSPS) is 14.5. The van der Waals surface area contributed by atoms with Crippen molar-refractivity contribution in [1.82, 2.24) is 0 Å². The SMILES string of the molecule is CC(=O)O[C@@H](COCc1ccccc1)C[C@H](OC(C)=O)[C@H](O)CO. The van der Waals surface area contributed by atoms with Gasteiger partial charge in [-0.3, -0.25) is 9.59 Å².